The fourth-order valence-corrected chi connectivity index (χ4v) is 3.41. The summed E-state index contributed by atoms with van der Waals surface area (Å²) in [6, 6.07) is 10.9. The maximum atomic E-state index is 13.1. The van der Waals surface area contributed by atoms with E-state index in [1.54, 1.807) is 6.07 Å². The predicted octanol–water partition coefficient (Wildman–Crippen LogP) is 4.60. The molecule has 1 aliphatic rings. The average Bonchev–Trinajstić information content (AvgIpc) is 2.74. The second-order valence-corrected chi connectivity index (χ2v) is 7.52. The normalized spacial score (nSPS) is 14.9. The minimum Gasteiger partial charge on any atom is -0.371 e. The molecule has 3 rings (SSSR count). The second-order valence-electron chi connectivity index (χ2n) is 7.52. The van der Waals surface area contributed by atoms with E-state index in [0.717, 1.165) is 38.0 Å². The molecule has 0 aromatic heterocycles. The summed E-state index contributed by atoms with van der Waals surface area (Å²) >= 11 is 0. The molecule has 0 aliphatic carbocycles. The summed E-state index contributed by atoms with van der Waals surface area (Å²) in [5.41, 5.74) is 2.35. The lowest BCUT2D eigenvalue weighted by atomic mass is 10.0. The molecule has 1 heterocycles. The van der Waals surface area contributed by atoms with Crippen molar-refractivity contribution < 1.29 is 14.0 Å². The second kappa shape index (κ2) is 9.54. The molecule has 0 radical (unpaired) electrons. The van der Waals surface area contributed by atoms with Gasteiger partial charge in [0.25, 0.3) is 11.8 Å². The minimum atomic E-state index is -0.392. The summed E-state index contributed by atoms with van der Waals surface area (Å²) in [6.07, 6.45) is 4.26. The van der Waals surface area contributed by atoms with Gasteiger partial charge >= 0.3 is 0 Å². The highest BCUT2D eigenvalue weighted by Crippen LogP contribution is 2.27. The summed E-state index contributed by atoms with van der Waals surface area (Å²) < 4.78 is 13.1. The summed E-state index contributed by atoms with van der Waals surface area (Å²) in [6.45, 7) is 5.84. The van der Waals surface area contributed by atoms with Gasteiger partial charge in [0.05, 0.1) is 5.56 Å². The molecule has 154 valence electrons. The minimum absolute atomic E-state index is 0.0640. The number of nitrogens with zero attached hydrogens (tertiary/aromatic N) is 1. The lowest BCUT2D eigenvalue weighted by molar-refractivity contribution is 0.0938. The molecule has 1 fully saturated rings. The Morgan fingerprint density at radius 1 is 1.03 bits per heavy atom. The van der Waals surface area contributed by atoms with E-state index < -0.39 is 5.82 Å². The molecule has 0 bridgehead atoms. The van der Waals surface area contributed by atoms with Crippen molar-refractivity contribution in [2.75, 3.05) is 23.3 Å². The van der Waals surface area contributed by atoms with Gasteiger partial charge in [-0.2, -0.15) is 0 Å². The Bertz CT molecular complexity index is 861. The molecule has 2 aromatic carbocycles. The van der Waals surface area contributed by atoms with Crippen LogP contribution in [0.5, 0.6) is 0 Å². The van der Waals surface area contributed by atoms with Gasteiger partial charge in [0.1, 0.15) is 5.82 Å². The van der Waals surface area contributed by atoms with Gasteiger partial charge in [-0.1, -0.05) is 6.92 Å². The van der Waals surface area contributed by atoms with Crippen LogP contribution in [-0.4, -0.2) is 30.9 Å². The molecule has 1 aliphatic heterocycles. The zero-order valence-corrected chi connectivity index (χ0v) is 17.0. The number of halogens is 1. The standard InChI is InChI=1S/C23H28FN3O2/c1-3-16(2)25-23(29)20-15-19(11-12-21(20)27-13-5-4-6-14-27)26-22(28)17-7-9-18(24)10-8-17/h7-12,15-16H,3-6,13-14H2,1-2H3,(H,25,29)(H,26,28). The van der Waals surface area contributed by atoms with Crippen LogP contribution in [0.3, 0.4) is 0 Å². The molecule has 1 unspecified atom stereocenters. The van der Waals surface area contributed by atoms with Crippen molar-refractivity contribution in [2.45, 2.75) is 45.6 Å². The van der Waals surface area contributed by atoms with Crippen LogP contribution < -0.4 is 15.5 Å². The first-order chi connectivity index (χ1) is 14.0. The van der Waals surface area contributed by atoms with Crippen LogP contribution >= 0.6 is 0 Å². The van der Waals surface area contributed by atoms with Crippen LogP contribution in [0.15, 0.2) is 42.5 Å². The average molecular weight is 397 g/mol. The van der Waals surface area contributed by atoms with Crippen molar-refractivity contribution >= 4 is 23.2 Å². The number of anilines is 2. The summed E-state index contributed by atoms with van der Waals surface area (Å²) in [5, 5.41) is 5.83. The maximum Gasteiger partial charge on any atom is 0.255 e. The summed E-state index contributed by atoms with van der Waals surface area (Å²) in [7, 11) is 0. The van der Waals surface area contributed by atoms with E-state index in [-0.39, 0.29) is 17.9 Å². The van der Waals surface area contributed by atoms with E-state index in [9.17, 15) is 14.0 Å². The Kier molecular flexibility index (Phi) is 6.86. The highest BCUT2D eigenvalue weighted by molar-refractivity contribution is 6.06. The number of carbonyl (C=O) groups is 2. The number of hydrogen-bond donors (Lipinski definition) is 2. The van der Waals surface area contributed by atoms with Gasteiger partial charge in [-0.15, -0.1) is 0 Å². The van der Waals surface area contributed by atoms with Crippen molar-refractivity contribution in [3.8, 4) is 0 Å². The Labute approximate surface area is 171 Å². The third-order valence-electron chi connectivity index (χ3n) is 5.29. The molecule has 5 nitrogen and oxygen atoms in total. The molecular weight excluding hydrogens is 369 g/mol. The van der Waals surface area contributed by atoms with Crippen molar-refractivity contribution in [3.63, 3.8) is 0 Å². The predicted molar refractivity (Wildman–Crippen MR) is 114 cm³/mol. The van der Waals surface area contributed by atoms with Crippen LogP contribution in [0.25, 0.3) is 0 Å². The van der Waals surface area contributed by atoms with Gasteiger partial charge in [-0.25, -0.2) is 4.39 Å². The van der Waals surface area contributed by atoms with Crippen molar-refractivity contribution in [1.29, 1.82) is 0 Å². The molecule has 6 heteroatoms. The van der Waals surface area contributed by atoms with Crippen LogP contribution in [0.4, 0.5) is 15.8 Å². The van der Waals surface area contributed by atoms with Crippen molar-refractivity contribution in [1.82, 2.24) is 5.32 Å². The first kappa shape index (κ1) is 20.8. The van der Waals surface area contributed by atoms with E-state index in [0.29, 0.717) is 16.8 Å². The lowest BCUT2D eigenvalue weighted by Crippen LogP contribution is -2.35. The Balaban J connectivity index is 1.86. The summed E-state index contributed by atoms with van der Waals surface area (Å²) in [5.74, 6) is -0.877. The molecule has 1 saturated heterocycles. The number of rotatable bonds is 6. The Hall–Kier alpha value is -2.89. The molecular formula is C23H28FN3O2. The quantitative estimate of drug-likeness (QED) is 0.749. The summed E-state index contributed by atoms with van der Waals surface area (Å²) in [4.78, 5) is 27.6. The molecule has 0 spiro atoms. The van der Waals surface area contributed by atoms with Gasteiger partial charge in [-0.3, -0.25) is 9.59 Å². The van der Waals surface area contributed by atoms with Gasteiger partial charge in [-0.05, 0) is 75.1 Å². The van der Waals surface area contributed by atoms with Gasteiger partial charge in [0, 0.05) is 36.1 Å². The number of benzene rings is 2. The zero-order chi connectivity index (χ0) is 20.8. The first-order valence-corrected chi connectivity index (χ1v) is 10.2. The van der Waals surface area contributed by atoms with E-state index in [4.69, 9.17) is 0 Å². The topological polar surface area (TPSA) is 61.4 Å². The number of piperidine rings is 1. The Morgan fingerprint density at radius 2 is 1.72 bits per heavy atom. The van der Waals surface area contributed by atoms with Gasteiger partial charge in [0.2, 0.25) is 0 Å². The zero-order valence-electron chi connectivity index (χ0n) is 17.0. The maximum absolute atomic E-state index is 13.1. The van der Waals surface area contributed by atoms with Crippen LogP contribution in [0.1, 0.15) is 60.2 Å². The van der Waals surface area contributed by atoms with Crippen LogP contribution in [0, 0.1) is 5.82 Å². The third kappa shape index (κ3) is 5.34. The van der Waals surface area contributed by atoms with Crippen molar-refractivity contribution in [3.05, 3.63) is 59.4 Å². The molecule has 2 aromatic rings. The van der Waals surface area contributed by atoms with E-state index in [2.05, 4.69) is 15.5 Å². The number of amides is 2. The number of carbonyl (C=O) groups excluding carboxylic acids is 2. The van der Waals surface area contributed by atoms with Crippen LogP contribution in [0.2, 0.25) is 0 Å². The molecule has 2 N–H and O–H groups in total. The van der Waals surface area contributed by atoms with Gasteiger partial charge < -0.3 is 15.5 Å². The lowest BCUT2D eigenvalue weighted by Gasteiger charge is -2.31. The van der Waals surface area contributed by atoms with E-state index >= 15 is 0 Å². The van der Waals surface area contributed by atoms with Gasteiger partial charge in [0.15, 0.2) is 0 Å². The molecule has 0 saturated carbocycles. The number of hydrogen-bond acceptors (Lipinski definition) is 3. The van der Waals surface area contributed by atoms with E-state index in [1.165, 1.54) is 30.7 Å². The monoisotopic (exact) mass is 397 g/mol. The third-order valence-corrected chi connectivity index (χ3v) is 5.29. The first-order valence-electron chi connectivity index (χ1n) is 10.2. The molecule has 2 amide bonds. The van der Waals surface area contributed by atoms with Crippen LogP contribution in [-0.2, 0) is 0 Å². The fourth-order valence-electron chi connectivity index (χ4n) is 3.41. The SMILES string of the molecule is CCC(C)NC(=O)c1cc(NC(=O)c2ccc(F)cc2)ccc1N1CCCCC1. The molecule has 1 atom stereocenters. The molecule has 29 heavy (non-hydrogen) atoms. The highest BCUT2D eigenvalue weighted by atomic mass is 19.1. The highest BCUT2D eigenvalue weighted by Gasteiger charge is 2.20. The Morgan fingerprint density at radius 3 is 2.38 bits per heavy atom. The van der Waals surface area contributed by atoms with E-state index in [1.807, 2.05) is 26.0 Å². The number of nitrogens with one attached hydrogen (secondary N) is 2. The largest absolute Gasteiger partial charge is 0.371 e. The smallest absolute Gasteiger partial charge is 0.255 e. The fraction of sp³-hybridized carbons (Fsp3) is 0.391. The van der Waals surface area contributed by atoms with Crippen molar-refractivity contribution in [2.24, 2.45) is 0 Å².